The quantitative estimate of drug-likeness (QED) is 0.425. The van der Waals surface area contributed by atoms with Crippen LogP contribution in [0.4, 0.5) is 5.69 Å². The lowest BCUT2D eigenvalue weighted by molar-refractivity contribution is -0.149. The van der Waals surface area contributed by atoms with E-state index in [-0.39, 0.29) is 30.1 Å². The Labute approximate surface area is 194 Å². The van der Waals surface area contributed by atoms with Crippen molar-refractivity contribution in [3.8, 4) is 0 Å². The highest BCUT2D eigenvalue weighted by Gasteiger charge is 2.41. The fraction of sp³-hybridized carbons (Fsp3) is 0.208. The van der Waals surface area contributed by atoms with Gasteiger partial charge in [0.25, 0.3) is 11.8 Å². The number of carbonyl (C=O) groups is 4. The maximum Gasteiger partial charge on any atom is 0.329 e. The van der Waals surface area contributed by atoms with Crippen LogP contribution in [0.25, 0.3) is 0 Å². The van der Waals surface area contributed by atoms with Crippen LogP contribution in [-0.2, 0) is 27.4 Å². The van der Waals surface area contributed by atoms with Crippen molar-refractivity contribution >= 4 is 40.7 Å². The number of aryl methyl sites for hydroxylation is 1. The minimum atomic E-state index is -1.07. The molecule has 2 heterocycles. The van der Waals surface area contributed by atoms with Crippen LogP contribution in [0.5, 0.6) is 0 Å². The molecule has 0 bridgehead atoms. The first-order valence-corrected chi connectivity index (χ1v) is 11.1. The van der Waals surface area contributed by atoms with E-state index in [0.717, 1.165) is 10.5 Å². The Bertz CT molecular complexity index is 1200. The zero-order chi connectivity index (χ0) is 23.5. The Morgan fingerprint density at radius 2 is 1.70 bits per heavy atom. The van der Waals surface area contributed by atoms with Crippen molar-refractivity contribution < 1.29 is 23.9 Å². The summed E-state index contributed by atoms with van der Waals surface area (Å²) in [4.78, 5) is 55.0. The number of ether oxygens (including phenoxy) is 1. The number of hydrogen-bond acceptors (Lipinski definition) is 7. The lowest BCUT2D eigenvalue weighted by Gasteiger charge is -2.20. The number of nitrogens with zero attached hydrogens (tertiary/aromatic N) is 2. The van der Waals surface area contributed by atoms with Crippen LogP contribution >= 0.6 is 11.3 Å². The van der Waals surface area contributed by atoms with Gasteiger partial charge in [-0.25, -0.2) is 9.78 Å². The molecule has 1 aliphatic heterocycles. The van der Waals surface area contributed by atoms with E-state index in [1.807, 2.05) is 31.2 Å². The van der Waals surface area contributed by atoms with Gasteiger partial charge in [0.2, 0.25) is 5.91 Å². The second-order valence-corrected chi connectivity index (χ2v) is 8.58. The van der Waals surface area contributed by atoms with Gasteiger partial charge in [-0.1, -0.05) is 29.8 Å². The maximum atomic E-state index is 12.5. The molecule has 4 rings (SSSR count). The average Bonchev–Trinajstić information content (AvgIpc) is 3.35. The van der Waals surface area contributed by atoms with Crippen molar-refractivity contribution in [2.24, 2.45) is 0 Å². The summed E-state index contributed by atoms with van der Waals surface area (Å²) in [6.07, 6.45) is 0.0952. The Hall–Kier alpha value is -3.85. The molecule has 8 nitrogen and oxygen atoms in total. The van der Waals surface area contributed by atoms with Crippen molar-refractivity contribution in [2.45, 2.75) is 32.9 Å². The van der Waals surface area contributed by atoms with E-state index in [2.05, 4.69) is 10.3 Å². The maximum absolute atomic E-state index is 12.5. The Morgan fingerprint density at radius 1 is 1.06 bits per heavy atom. The summed E-state index contributed by atoms with van der Waals surface area (Å²) in [6, 6.07) is 12.8. The van der Waals surface area contributed by atoms with Gasteiger partial charge in [-0.2, -0.15) is 0 Å². The van der Waals surface area contributed by atoms with Gasteiger partial charge in [0, 0.05) is 11.1 Å². The number of esters is 1. The number of nitrogens with one attached hydrogen (secondary N) is 1. The van der Waals surface area contributed by atoms with Crippen LogP contribution in [0.2, 0.25) is 0 Å². The number of imide groups is 1. The van der Waals surface area contributed by atoms with Gasteiger partial charge in [-0.05, 0) is 38.1 Å². The number of thiazole rings is 1. The summed E-state index contributed by atoms with van der Waals surface area (Å²) in [5.74, 6) is -1.95. The molecule has 0 saturated carbocycles. The first kappa shape index (κ1) is 22.3. The largest absolute Gasteiger partial charge is 0.458 e. The zero-order valence-corrected chi connectivity index (χ0v) is 18.8. The minimum absolute atomic E-state index is 0.0952. The van der Waals surface area contributed by atoms with Crippen molar-refractivity contribution in [1.29, 1.82) is 0 Å². The van der Waals surface area contributed by atoms with Gasteiger partial charge < -0.3 is 10.1 Å². The Balaban J connectivity index is 1.30. The van der Waals surface area contributed by atoms with Crippen LogP contribution < -0.4 is 5.32 Å². The standard InChI is InChI=1S/C24H21N3O5S/c1-14-7-9-16(10-8-14)25-20(28)11-21-26-17(13-33-21)12-32-24(31)15(2)27-22(29)18-5-3-4-6-19(18)23(27)30/h3-10,13,15H,11-12H2,1-2H3,(H,25,28). The van der Waals surface area contributed by atoms with Gasteiger partial charge in [-0.3, -0.25) is 19.3 Å². The third-order valence-electron chi connectivity index (χ3n) is 5.16. The van der Waals surface area contributed by atoms with Gasteiger partial charge in [0.05, 0.1) is 23.2 Å². The van der Waals surface area contributed by atoms with E-state index in [0.29, 0.717) is 16.4 Å². The van der Waals surface area contributed by atoms with E-state index < -0.39 is 23.8 Å². The second kappa shape index (κ2) is 9.33. The third kappa shape index (κ3) is 4.83. The monoisotopic (exact) mass is 463 g/mol. The molecule has 2 aromatic carbocycles. The van der Waals surface area contributed by atoms with Crippen molar-refractivity contribution in [3.63, 3.8) is 0 Å². The lowest BCUT2D eigenvalue weighted by Crippen LogP contribution is -2.43. The van der Waals surface area contributed by atoms with E-state index in [9.17, 15) is 19.2 Å². The third-order valence-corrected chi connectivity index (χ3v) is 6.06. The van der Waals surface area contributed by atoms with Crippen LogP contribution in [0, 0.1) is 6.92 Å². The van der Waals surface area contributed by atoms with Crippen LogP contribution in [0.15, 0.2) is 53.9 Å². The van der Waals surface area contributed by atoms with Crippen LogP contribution in [-0.4, -0.2) is 39.6 Å². The molecule has 3 aromatic rings. The van der Waals surface area contributed by atoms with Crippen LogP contribution in [0.1, 0.15) is 43.9 Å². The summed E-state index contributed by atoms with van der Waals surface area (Å²) in [6.45, 7) is 3.30. The number of hydrogen-bond donors (Lipinski definition) is 1. The molecule has 3 amide bonds. The normalized spacial score (nSPS) is 13.6. The first-order valence-electron chi connectivity index (χ1n) is 10.3. The molecule has 168 valence electrons. The summed E-state index contributed by atoms with van der Waals surface area (Å²) in [5, 5.41) is 5.10. The molecule has 0 fully saturated rings. The van der Waals surface area contributed by atoms with Gasteiger partial charge in [0.1, 0.15) is 17.7 Å². The smallest absolute Gasteiger partial charge is 0.329 e. The fourth-order valence-electron chi connectivity index (χ4n) is 3.41. The number of aromatic nitrogens is 1. The predicted molar refractivity (Wildman–Crippen MR) is 122 cm³/mol. The average molecular weight is 464 g/mol. The molecule has 1 N–H and O–H groups in total. The number of rotatable bonds is 7. The van der Waals surface area contributed by atoms with E-state index in [1.54, 1.807) is 29.6 Å². The Morgan fingerprint density at radius 3 is 2.33 bits per heavy atom. The van der Waals surface area contributed by atoms with E-state index >= 15 is 0 Å². The predicted octanol–water partition coefficient (Wildman–Crippen LogP) is 3.36. The van der Waals surface area contributed by atoms with Gasteiger partial charge in [0.15, 0.2) is 0 Å². The molecule has 1 unspecified atom stereocenters. The van der Waals surface area contributed by atoms with Crippen LogP contribution in [0.3, 0.4) is 0 Å². The summed E-state index contributed by atoms with van der Waals surface area (Å²) in [7, 11) is 0. The number of carbonyl (C=O) groups excluding carboxylic acids is 4. The molecule has 1 aromatic heterocycles. The molecular formula is C24H21N3O5S. The lowest BCUT2D eigenvalue weighted by atomic mass is 10.1. The van der Waals surface area contributed by atoms with Crippen molar-refractivity contribution in [2.75, 3.05) is 5.32 Å². The highest BCUT2D eigenvalue weighted by molar-refractivity contribution is 7.09. The molecule has 0 saturated heterocycles. The molecular weight excluding hydrogens is 442 g/mol. The fourth-order valence-corrected chi connectivity index (χ4v) is 4.18. The number of amides is 3. The second-order valence-electron chi connectivity index (χ2n) is 7.63. The molecule has 33 heavy (non-hydrogen) atoms. The number of benzene rings is 2. The number of fused-ring (bicyclic) bond motifs is 1. The molecule has 1 atom stereocenters. The summed E-state index contributed by atoms with van der Waals surface area (Å²) >= 11 is 1.29. The van der Waals surface area contributed by atoms with E-state index in [4.69, 9.17) is 4.74 Å². The number of anilines is 1. The molecule has 0 spiro atoms. The SMILES string of the molecule is Cc1ccc(NC(=O)Cc2nc(COC(=O)C(C)N3C(=O)c4ccccc4C3=O)cs2)cc1. The molecule has 0 radical (unpaired) electrons. The zero-order valence-electron chi connectivity index (χ0n) is 18.0. The topological polar surface area (TPSA) is 106 Å². The summed E-state index contributed by atoms with van der Waals surface area (Å²) < 4.78 is 5.28. The summed E-state index contributed by atoms with van der Waals surface area (Å²) in [5.41, 5.74) is 2.84. The molecule has 1 aliphatic rings. The highest BCUT2D eigenvalue weighted by atomic mass is 32.1. The Kier molecular flexibility index (Phi) is 6.32. The highest BCUT2D eigenvalue weighted by Crippen LogP contribution is 2.25. The van der Waals surface area contributed by atoms with Crippen molar-refractivity contribution in [3.05, 3.63) is 81.3 Å². The minimum Gasteiger partial charge on any atom is -0.458 e. The first-order chi connectivity index (χ1) is 15.8. The molecule has 0 aliphatic carbocycles. The van der Waals surface area contributed by atoms with Crippen molar-refractivity contribution in [1.82, 2.24) is 9.88 Å². The van der Waals surface area contributed by atoms with E-state index in [1.165, 1.54) is 18.3 Å². The van der Waals surface area contributed by atoms with Gasteiger partial charge in [-0.15, -0.1) is 11.3 Å². The molecule has 9 heteroatoms. The van der Waals surface area contributed by atoms with Gasteiger partial charge >= 0.3 is 5.97 Å².